The minimum atomic E-state index is -0.133. The maximum absolute atomic E-state index is 12.6. The Balaban J connectivity index is 3.16. The van der Waals surface area contributed by atoms with Crippen LogP contribution in [0.4, 0.5) is 5.82 Å². The highest BCUT2D eigenvalue weighted by atomic mass is 16.2. The zero-order chi connectivity index (χ0) is 16.0. The molecule has 0 bridgehead atoms. The monoisotopic (exact) mass is 288 g/mol. The van der Waals surface area contributed by atoms with Gasteiger partial charge in [-0.15, -0.1) is 0 Å². The molecule has 0 atom stereocenters. The molecule has 21 heavy (non-hydrogen) atoms. The van der Waals surface area contributed by atoms with Gasteiger partial charge in [-0.25, -0.2) is 4.98 Å². The predicted molar refractivity (Wildman–Crippen MR) is 84.3 cm³/mol. The Morgan fingerprint density at radius 1 is 1.43 bits per heavy atom. The van der Waals surface area contributed by atoms with Crippen LogP contribution >= 0.6 is 0 Å². The van der Waals surface area contributed by atoms with Gasteiger partial charge in [-0.05, 0) is 19.1 Å². The van der Waals surface area contributed by atoms with Crippen molar-refractivity contribution >= 4 is 11.7 Å². The van der Waals surface area contributed by atoms with Gasteiger partial charge in [0.1, 0.15) is 5.82 Å². The molecule has 0 radical (unpaired) electrons. The minimum absolute atomic E-state index is 0.0582. The number of carbonyl (C=O) groups is 1. The highest BCUT2D eigenvalue weighted by Crippen LogP contribution is 2.24. The minimum Gasteiger partial charge on any atom is -0.373 e. The van der Waals surface area contributed by atoms with Gasteiger partial charge >= 0.3 is 0 Å². The number of amides is 1. The van der Waals surface area contributed by atoms with Gasteiger partial charge in [0.2, 0.25) is 0 Å². The molecule has 1 rings (SSSR count). The fourth-order valence-electron chi connectivity index (χ4n) is 1.94. The molecule has 0 saturated carbocycles. The van der Waals surface area contributed by atoms with Crippen LogP contribution < -0.4 is 5.32 Å². The zero-order valence-electron chi connectivity index (χ0n) is 13.5. The maximum Gasteiger partial charge on any atom is 0.254 e. The second kappa shape index (κ2) is 7.07. The van der Waals surface area contributed by atoms with Gasteiger partial charge in [-0.2, -0.15) is 5.26 Å². The van der Waals surface area contributed by atoms with Gasteiger partial charge in [0.15, 0.2) is 0 Å². The fourth-order valence-corrected chi connectivity index (χ4v) is 1.94. The lowest BCUT2D eigenvalue weighted by Gasteiger charge is -2.23. The molecule has 0 spiro atoms. The van der Waals surface area contributed by atoms with E-state index in [-0.39, 0.29) is 11.3 Å². The van der Waals surface area contributed by atoms with E-state index < -0.39 is 0 Å². The number of hydrogen-bond acceptors (Lipinski definition) is 4. The van der Waals surface area contributed by atoms with Gasteiger partial charge in [-0.3, -0.25) is 4.79 Å². The molecule has 0 unspecified atom stereocenters. The Kier molecular flexibility index (Phi) is 5.71. The highest BCUT2D eigenvalue weighted by Gasteiger charge is 2.21. The van der Waals surface area contributed by atoms with E-state index in [1.165, 1.54) is 0 Å². The predicted octanol–water partition coefficient (Wildman–Crippen LogP) is 2.80. The topological polar surface area (TPSA) is 69.0 Å². The van der Waals surface area contributed by atoms with Gasteiger partial charge in [-0.1, -0.05) is 20.8 Å². The van der Waals surface area contributed by atoms with Gasteiger partial charge < -0.3 is 10.2 Å². The number of nitriles is 1. The fraction of sp³-hybridized carbons (Fsp3) is 0.562. The SMILES string of the molecule is CCN(CCC#N)C(=O)c1cc(NC)nc(C(C)(C)C)c1. The Morgan fingerprint density at radius 3 is 2.57 bits per heavy atom. The van der Waals surface area contributed by atoms with Crippen LogP contribution in [0.5, 0.6) is 0 Å². The van der Waals surface area contributed by atoms with Gasteiger partial charge in [0, 0.05) is 36.8 Å². The maximum atomic E-state index is 12.6. The van der Waals surface area contributed by atoms with E-state index in [9.17, 15) is 4.79 Å². The van der Waals surface area contributed by atoms with Crippen LogP contribution in [0, 0.1) is 11.3 Å². The van der Waals surface area contributed by atoms with Crippen LogP contribution in [-0.2, 0) is 5.41 Å². The van der Waals surface area contributed by atoms with E-state index in [2.05, 4.69) is 37.1 Å². The number of hydrogen-bond donors (Lipinski definition) is 1. The van der Waals surface area contributed by atoms with Crippen molar-refractivity contribution in [3.8, 4) is 6.07 Å². The van der Waals surface area contributed by atoms with Crippen LogP contribution in [-0.4, -0.2) is 35.9 Å². The normalized spacial score (nSPS) is 10.9. The van der Waals surface area contributed by atoms with E-state index >= 15 is 0 Å². The average Bonchev–Trinajstić information content (AvgIpc) is 2.46. The van der Waals surface area contributed by atoms with Crippen molar-refractivity contribution in [3.05, 3.63) is 23.4 Å². The molecule has 0 fully saturated rings. The molecule has 0 saturated heterocycles. The molecule has 114 valence electrons. The summed E-state index contributed by atoms with van der Waals surface area (Å²) < 4.78 is 0. The first-order valence-electron chi connectivity index (χ1n) is 7.20. The third-order valence-corrected chi connectivity index (χ3v) is 3.26. The van der Waals surface area contributed by atoms with E-state index in [0.717, 1.165) is 5.69 Å². The summed E-state index contributed by atoms with van der Waals surface area (Å²) in [6.45, 7) is 9.15. The first-order chi connectivity index (χ1) is 9.83. The number of carbonyl (C=O) groups excluding carboxylic acids is 1. The third kappa shape index (κ3) is 4.45. The molecular formula is C16H24N4O. The summed E-state index contributed by atoms with van der Waals surface area (Å²) in [6.07, 6.45) is 0.343. The standard InChI is InChI=1S/C16H24N4O/c1-6-20(9-7-8-17)15(21)12-10-13(16(2,3)4)19-14(11-12)18-5/h10-11H,6-7,9H2,1-5H3,(H,18,19). The Bertz CT molecular complexity index is 540. The smallest absolute Gasteiger partial charge is 0.254 e. The molecule has 1 aromatic rings. The summed E-state index contributed by atoms with van der Waals surface area (Å²) >= 11 is 0. The van der Waals surface area contributed by atoms with Crippen LogP contribution in [0.3, 0.4) is 0 Å². The molecule has 5 nitrogen and oxygen atoms in total. The van der Waals surface area contributed by atoms with E-state index in [4.69, 9.17) is 5.26 Å². The summed E-state index contributed by atoms with van der Waals surface area (Å²) in [5, 5.41) is 11.7. The number of nitrogens with zero attached hydrogens (tertiary/aromatic N) is 3. The second-order valence-corrected chi connectivity index (χ2v) is 5.92. The Hall–Kier alpha value is -2.09. The van der Waals surface area contributed by atoms with Crippen LogP contribution in [0.25, 0.3) is 0 Å². The van der Waals surface area contributed by atoms with Crippen molar-refractivity contribution in [2.45, 2.75) is 39.5 Å². The van der Waals surface area contributed by atoms with Crippen molar-refractivity contribution < 1.29 is 4.79 Å². The van der Waals surface area contributed by atoms with E-state index in [1.807, 2.05) is 13.0 Å². The first-order valence-corrected chi connectivity index (χ1v) is 7.20. The first kappa shape index (κ1) is 17.0. The highest BCUT2D eigenvalue weighted by molar-refractivity contribution is 5.95. The van der Waals surface area contributed by atoms with E-state index in [0.29, 0.717) is 30.9 Å². The van der Waals surface area contributed by atoms with Crippen LogP contribution in [0.15, 0.2) is 12.1 Å². The molecule has 1 heterocycles. The molecule has 1 N–H and O–H groups in total. The number of pyridine rings is 1. The average molecular weight is 288 g/mol. The van der Waals surface area contributed by atoms with Crippen molar-refractivity contribution in [1.82, 2.24) is 9.88 Å². The lowest BCUT2D eigenvalue weighted by molar-refractivity contribution is 0.0767. The quantitative estimate of drug-likeness (QED) is 0.904. The molecule has 0 aliphatic heterocycles. The van der Waals surface area contributed by atoms with Crippen LogP contribution in [0.1, 0.15) is 50.2 Å². The number of aromatic nitrogens is 1. The van der Waals surface area contributed by atoms with Crippen molar-refractivity contribution in [2.75, 3.05) is 25.5 Å². The molecule has 0 aromatic carbocycles. The van der Waals surface area contributed by atoms with Crippen molar-refractivity contribution in [3.63, 3.8) is 0 Å². The molecule has 5 heteroatoms. The molecule has 0 aliphatic carbocycles. The van der Waals surface area contributed by atoms with Crippen molar-refractivity contribution in [1.29, 1.82) is 5.26 Å². The Labute approximate surface area is 127 Å². The largest absolute Gasteiger partial charge is 0.373 e. The van der Waals surface area contributed by atoms with E-state index in [1.54, 1.807) is 18.0 Å². The summed E-state index contributed by atoms with van der Waals surface area (Å²) in [6, 6.07) is 5.68. The lowest BCUT2D eigenvalue weighted by Crippen LogP contribution is -2.32. The second-order valence-electron chi connectivity index (χ2n) is 5.92. The zero-order valence-corrected chi connectivity index (χ0v) is 13.5. The Morgan fingerprint density at radius 2 is 2.10 bits per heavy atom. The molecule has 1 amide bonds. The lowest BCUT2D eigenvalue weighted by atomic mass is 9.90. The summed E-state index contributed by atoms with van der Waals surface area (Å²) in [5.41, 5.74) is 1.35. The number of nitrogens with one attached hydrogen (secondary N) is 1. The van der Waals surface area contributed by atoms with Crippen molar-refractivity contribution in [2.24, 2.45) is 0 Å². The number of rotatable bonds is 5. The van der Waals surface area contributed by atoms with Crippen LogP contribution in [0.2, 0.25) is 0 Å². The summed E-state index contributed by atoms with van der Waals surface area (Å²) in [5.74, 6) is 0.624. The number of anilines is 1. The molecular weight excluding hydrogens is 264 g/mol. The van der Waals surface area contributed by atoms with Gasteiger partial charge in [0.05, 0.1) is 12.5 Å². The summed E-state index contributed by atoms with van der Waals surface area (Å²) in [7, 11) is 1.79. The summed E-state index contributed by atoms with van der Waals surface area (Å²) in [4.78, 5) is 18.8. The van der Waals surface area contributed by atoms with Gasteiger partial charge in [0.25, 0.3) is 5.91 Å². The third-order valence-electron chi connectivity index (χ3n) is 3.26. The molecule has 0 aliphatic rings. The molecule has 1 aromatic heterocycles.